The number of carboxylic acids is 1. The van der Waals surface area contributed by atoms with E-state index in [0.717, 1.165) is 25.7 Å². The molecular formula is C14H29NO5. The highest BCUT2D eigenvalue weighted by Crippen LogP contribution is 2.08. The Morgan fingerprint density at radius 3 is 2.35 bits per heavy atom. The predicted molar refractivity (Wildman–Crippen MR) is 77.4 cm³/mol. The van der Waals surface area contributed by atoms with E-state index in [9.17, 15) is 9.59 Å². The van der Waals surface area contributed by atoms with Gasteiger partial charge in [-0.05, 0) is 19.3 Å². The molecule has 6 nitrogen and oxygen atoms in total. The molecule has 0 rings (SSSR count). The summed E-state index contributed by atoms with van der Waals surface area (Å²) in [5, 5.41) is 8.40. The zero-order valence-corrected chi connectivity index (χ0v) is 12.4. The van der Waals surface area contributed by atoms with Crippen LogP contribution < -0.4 is 5.73 Å². The Hall–Kier alpha value is -1.14. The third kappa shape index (κ3) is 14.9. The Morgan fingerprint density at radius 1 is 1.10 bits per heavy atom. The second kappa shape index (κ2) is 14.3. The SMILES string of the molecule is CCCCCCC(N)CCCOC(=O)CCC(=O)O.O. The number of carboxylic acid groups (broad SMARTS) is 1. The van der Waals surface area contributed by atoms with Crippen LogP contribution in [0.1, 0.15) is 64.7 Å². The molecule has 5 N–H and O–H groups in total. The molecule has 1 atom stereocenters. The van der Waals surface area contributed by atoms with E-state index in [4.69, 9.17) is 15.6 Å². The molecule has 0 aliphatic rings. The van der Waals surface area contributed by atoms with Crippen molar-refractivity contribution in [2.24, 2.45) is 5.73 Å². The number of hydrogen-bond donors (Lipinski definition) is 2. The third-order valence-electron chi connectivity index (χ3n) is 2.95. The van der Waals surface area contributed by atoms with Gasteiger partial charge in [-0.2, -0.15) is 0 Å². The van der Waals surface area contributed by atoms with E-state index in [1.165, 1.54) is 19.3 Å². The molecule has 0 saturated carbocycles. The molecule has 0 aliphatic carbocycles. The number of esters is 1. The van der Waals surface area contributed by atoms with Gasteiger partial charge in [0, 0.05) is 6.04 Å². The van der Waals surface area contributed by atoms with Gasteiger partial charge in [0.15, 0.2) is 0 Å². The first-order valence-electron chi connectivity index (χ1n) is 7.19. The van der Waals surface area contributed by atoms with Gasteiger partial charge in [-0.1, -0.05) is 32.6 Å². The van der Waals surface area contributed by atoms with Crippen molar-refractivity contribution in [3.63, 3.8) is 0 Å². The van der Waals surface area contributed by atoms with Gasteiger partial charge in [0.1, 0.15) is 0 Å². The average Bonchev–Trinajstić information content (AvgIpc) is 2.37. The van der Waals surface area contributed by atoms with Crippen molar-refractivity contribution in [1.29, 1.82) is 0 Å². The van der Waals surface area contributed by atoms with Crippen molar-refractivity contribution in [3.05, 3.63) is 0 Å². The lowest BCUT2D eigenvalue weighted by atomic mass is 10.0. The van der Waals surface area contributed by atoms with Gasteiger partial charge in [-0.15, -0.1) is 0 Å². The van der Waals surface area contributed by atoms with Gasteiger partial charge in [-0.3, -0.25) is 9.59 Å². The largest absolute Gasteiger partial charge is 0.481 e. The predicted octanol–water partition coefficient (Wildman–Crippen LogP) is 1.65. The lowest BCUT2D eigenvalue weighted by molar-refractivity contribution is -0.147. The molecular weight excluding hydrogens is 262 g/mol. The van der Waals surface area contributed by atoms with Crippen molar-refractivity contribution in [1.82, 2.24) is 0 Å². The second-order valence-electron chi connectivity index (χ2n) is 4.87. The number of rotatable bonds is 12. The van der Waals surface area contributed by atoms with Crippen LogP contribution in [0.2, 0.25) is 0 Å². The number of hydrogen-bond acceptors (Lipinski definition) is 4. The highest BCUT2D eigenvalue weighted by atomic mass is 16.5. The highest BCUT2D eigenvalue weighted by molar-refractivity contribution is 5.76. The minimum absolute atomic E-state index is 0. The molecule has 0 aromatic rings. The van der Waals surface area contributed by atoms with Crippen LogP contribution in [-0.2, 0) is 14.3 Å². The van der Waals surface area contributed by atoms with E-state index < -0.39 is 11.9 Å². The number of nitrogens with two attached hydrogens (primary N) is 1. The fourth-order valence-electron chi connectivity index (χ4n) is 1.79. The summed E-state index contributed by atoms with van der Waals surface area (Å²) in [7, 11) is 0. The topological polar surface area (TPSA) is 121 Å². The third-order valence-corrected chi connectivity index (χ3v) is 2.95. The Bertz CT molecular complexity index is 258. The van der Waals surface area contributed by atoms with Crippen LogP contribution in [-0.4, -0.2) is 35.2 Å². The first kappa shape index (κ1) is 21.2. The Morgan fingerprint density at radius 2 is 1.75 bits per heavy atom. The molecule has 20 heavy (non-hydrogen) atoms. The van der Waals surface area contributed by atoms with E-state index in [-0.39, 0.29) is 24.4 Å². The molecule has 0 radical (unpaired) electrons. The number of carbonyl (C=O) groups excluding carboxylic acids is 1. The normalized spacial score (nSPS) is 11.5. The molecule has 120 valence electrons. The minimum Gasteiger partial charge on any atom is -0.481 e. The van der Waals surface area contributed by atoms with Gasteiger partial charge in [0.2, 0.25) is 0 Å². The molecule has 0 spiro atoms. The first-order chi connectivity index (χ1) is 9.06. The molecule has 0 heterocycles. The van der Waals surface area contributed by atoms with Crippen molar-refractivity contribution < 1.29 is 24.9 Å². The Kier molecular flexibility index (Phi) is 15.1. The van der Waals surface area contributed by atoms with Crippen LogP contribution in [0.3, 0.4) is 0 Å². The summed E-state index contributed by atoms with van der Waals surface area (Å²) in [6.07, 6.45) is 7.25. The molecule has 6 heteroatoms. The molecule has 0 amide bonds. The average molecular weight is 291 g/mol. The summed E-state index contributed by atoms with van der Waals surface area (Å²) < 4.78 is 4.93. The maximum absolute atomic E-state index is 11.1. The van der Waals surface area contributed by atoms with Crippen LogP contribution >= 0.6 is 0 Å². The standard InChI is InChI=1S/C14H27NO4.H2O/c1-2-3-4-5-7-12(15)8-6-11-19-14(18)10-9-13(16)17;/h12H,2-11,15H2,1H3,(H,16,17);1H2. The molecule has 0 aromatic carbocycles. The molecule has 0 aliphatic heterocycles. The first-order valence-corrected chi connectivity index (χ1v) is 7.19. The number of carbonyl (C=O) groups is 2. The maximum Gasteiger partial charge on any atom is 0.306 e. The summed E-state index contributed by atoms with van der Waals surface area (Å²) in [6, 6.07) is 0.176. The number of unbranched alkanes of at least 4 members (excludes halogenated alkanes) is 3. The Labute approximate surface area is 121 Å². The summed E-state index contributed by atoms with van der Waals surface area (Å²) >= 11 is 0. The van der Waals surface area contributed by atoms with Crippen molar-refractivity contribution in [3.8, 4) is 0 Å². The van der Waals surface area contributed by atoms with Gasteiger partial charge < -0.3 is 21.1 Å². The van der Waals surface area contributed by atoms with Crippen LogP contribution in [0.15, 0.2) is 0 Å². The molecule has 0 bridgehead atoms. The summed E-state index contributed by atoms with van der Waals surface area (Å²) in [6.45, 7) is 2.51. The van der Waals surface area contributed by atoms with Crippen LogP contribution in [0.5, 0.6) is 0 Å². The van der Waals surface area contributed by atoms with E-state index >= 15 is 0 Å². The summed E-state index contributed by atoms with van der Waals surface area (Å²) in [5.74, 6) is -1.43. The van der Waals surface area contributed by atoms with E-state index in [2.05, 4.69) is 6.92 Å². The highest BCUT2D eigenvalue weighted by Gasteiger charge is 2.07. The van der Waals surface area contributed by atoms with E-state index in [1.54, 1.807) is 0 Å². The van der Waals surface area contributed by atoms with Crippen LogP contribution in [0.25, 0.3) is 0 Å². The smallest absolute Gasteiger partial charge is 0.306 e. The summed E-state index contributed by atoms with van der Waals surface area (Å²) in [4.78, 5) is 21.4. The zero-order chi connectivity index (χ0) is 14.5. The van der Waals surface area contributed by atoms with Crippen LogP contribution in [0, 0.1) is 0 Å². The lowest BCUT2D eigenvalue weighted by Crippen LogP contribution is -2.20. The quantitative estimate of drug-likeness (QED) is 0.418. The van der Waals surface area contributed by atoms with Gasteiger partial charge in [-0.25, -0.2) is 0 Å². The zero-order valence-electron chi connectivity index (χ0n) is 12.4. The van der Waals surface area contributed by atoms with Gasteiger partial charge >= 0.3 is 11.9 Å². The lowest BCUT2D eigenvalue weighted by Gasteiger charge is -2.11. The van der Waals surface area contributed by atoms with E-state index in [1.807, 2.05) is 0 Å². The number of ether oxygens (including phenoxy) is 1. The van der Waals surface area contributed by atoms with E-state index in [0.29, 0.717) is 6.61 Å². The molecule has 1 unspecified atom stereocenters. The van der Waals surface area contributed by atoms with Gasteiger partial charge in [0.05, 0.1) is 19.4 Å². The molecule has 0 aromatic heterocycles. The Balaban J connectivity index is 0. The maximum atomic E-state index is 11.1. The molecule has 0 fully saturated rings. The fraction of sp³-hybridized carbons (Fsp3) is 0.857. The van der Waals surface area contributed by atoms with Gasteiger partial charge in [0.25, 0.3) is 0 Å². The molecule has 0 saturated heterocycles. The van der Waals surface area contributed by atoms with Crippen molar-refractivity contribution in [2.75, 3.05) is 6.61 Å². The fourth-order valence-corrected chi connectivity index (χ4v) is 1.79. The van der Waals surface area contributed by atoms with Crippen molar-refractivity contribution in [2.45, 2.75) is 70.8 Å². The summed E-state index contributed by atoms with van der Waals surface area (Å²) in [5.41, 5.74) is 5.95. The van der Waals surface area contributed by atoms with Crippen LogP contribution in [0.4, 0.5) is 0 Å². The second-order valence-corrected chi connectivity index (χ2v) is 4.87. The van der Waals surface area contributed by atoms with Crippen molar-refractivity contribution >= 4 is 11.9 Å². The monoisotopic (exact) mass is 291 g/mol. The number of aliphatic carboxylic acids is 1. The minimum atomic E-state index is -0.981.